The van der Waals surface area contributed by atoms with Gasteiger partial charge in [-0.2, -0.15) is 0 Å². The lowest BCUT2D eigenvalue weighted by atomic mass is 10.0. The van der Waals surface area contributed by atoms with Gasteiger partial charge < -0.3 is 18.9 Å². The van der Waals surface area contributed by atoms with Crippen LogP contribution in [0.25, 0.3) is 6.08 Å². The number of epoxide rings is 1. The molecule has 1 aliphatic heterocycles. The summed E-state index contributed by atoms with van der Waals surface area (Å²) in [5.41, 5.74) is 1.80. The van der Waals surface area contributed by atoms with E-state index in [-0.39, 0.29) is 24.3 Å². The minimum atomic E-state index is -0.372. The van der Waals surface area contributed by atoms with Gasteiger partial charge in [-0.05, 0) is 45.4 Å². The quantitative estimate of drug-likeness (QED) is 0.393. The van der Waals surface area contributed by atoms with Crippen LogP contribution in [0.15, 0.2) is 24.3 Å². The van der Waals surface area contributed by atoms with Crippen molar-refractivity contribution in [1.29, 1.82) is 0 Å². The molecule has 0 spiro atoms. The SMILES string of the molecule is CCOC(=O)/C=C/c1c(OC(C)C)cccc1[C@@H](C)OCC1CO1. The molecular formula is C19H26O5. The molecule has 0 N–H and O–H groups in total. The molecular weight excluding hydrogens is 308 g/mol. The van der Waals surface area contributed by atoms with E-state index in [1.807, 2.05) is 39.0 Å². The Morgan fingerprint density at radius 2 is 2.12 bits per heavy atom. The molecule has 5 nitrogen and oxygen atoms in total. The summed E-state index contributed by atoms with van der Waals surface area (Å²) in [6, 6.07) is 5.81. The fourth-order valence-corrected chi connectivity index (χ4v) is 2.30. The van der Waals surface area contributed by atoms with Crippen LogP contribution in [0, 0.1) is 0 Å². The van der Waals surface area contributed by atoms with Crippen LogP contribution in [0.4, 0.5) is 0 Å². The molecule has 1 unspecified atom stereocenters. The number of carbonyl (C=O) groups is 1. The topological polar surface area (TPSA) is 57.3 Å². The van der Waals surface area contributed by atoms with Crippen molar-refractivity contribution in [3.05, 3.63) is 35.4 Å². The number of ether oxygens (including phenoxy) is 4. The summed E-state index contributed by atoms with van der Waals surface area (Å²) in [6.07, 6.45) is 3.27. The molecule has 0 radical (unpaired) electrons. The number of carbonyl (C=O) groups excluding carboxylic acids is 1. The molecule has 5 heteroatoms. The zero-order valence-corrected chi connectivity index (χ0v) is 14.8. The summed E-state index contributed by atoms with van der Waals surface area (Å²) in [5, 5.41) is 0. The lowest BCUT2D eigenvalue weighted by Crippen LogP contribution is -2.11. The highest BCUT2D eigenvalue weighted by molar-refractivity contribution is 5.88. The second-order valence-electron chi connectivity index (χ2n) is 5.94. The first kappa shape index (κ1) is 18.5. The summed E-state index contributed by atoms with van der Waals surface area (Å²) in [4.78, 5) is 11.7. The predicted molar refractivity (Wildman–Crippen MR) is 92.0 cm³/mol. The molecule has 1 aromatic carbocycles. The van der Waals surface area contributed by atoms with Crippen molar-refractivity contribution in [2.24, 2.45) is 0 Å². The van der Waals surface area contributed by atoms with Gasteiger partial charge in [0.2, 0.25) is 0 Å². The van der Waals surface area contributed by atoms with E-state index >= 15 is 0 Å². The van der Waals surface area contributed by atoms with E-state index in [0.29, 0.717) is 13.2 Å². The first-order valence-electron chi connectivity index (χ1n) is 8.38. The summed E-state index contributed by atoms with van der Waals surface area (Å²) in [7, 11) is 0. The van der Waals surface area contributed by atoms with E-state index in [0.717, 1.165) is 23.5 Å². The van der Waals surface area contributed by atoms with E-state index in [4.69, 9.17) is 18.9 Å². The number of rotatable bonds is 9. The highest BCUT2D eigenvalue weighted by Gasteiger charge is 2.24. The largest absolute Gasteiger partial charge is 0.490 e. The van der Waals surface area contributed by atoms with Crippen LogP contribution in [0.5, 0.6) is 5.75 Å². The maximum Gasteiger partial charge on any atom is 0.330 e. The van der Waals surface area contributed by atoms with E-state index < -0.39 is 0 Å². The highest BCUT2D eigenvalue weighted by atomic mass is 16.6. The summed E-state index contributed by atoms with van der Waals surface area (Å²) >= 11 is 0. The van der Waals surface area contributed by atoms with Crippen LogP contribution in [-0.2, 0) is 19.0 Å². The van der Waals surface area contributed by atoms with E-state index in [9.17, 15) is 4.79 Å². The molecule has 132 valence electrons. The summed E-state index contributed by atoms with van der Waals surface area (Å²) in [6.45, 7) is 9.38. The first-order valence-corrected chi connectivity index (χ1v) is 8.38. The van der Waals surface area contributed by atoms with Gasteiger partial charge in [0.1, 0.15) is 11.9 Å². The minimum Gasteiger partial charge on any atom is -0.490 e. The third kappa shape index (κ3) is 5.65. The standard InChI is InChI=1S/C19H26O5/c1-5-21-19(20)10-9-17-16(14(4)22-11-15-12-23-15)7-6-8-18(17)24-13(2)3/h6-10,13-15H,5,11-12H2,1-4H3/b10-9+/t14-,15?/m1/s1. The zero-order valence-electron chi connectivity index (χ0n) is 14.8. The lowest BCUT2D eigenvalue weighted by molar-refractivity contribution is -0.137. The minimum absolute atomic E-state index is 0.0334. The highest BCUT2D eigenvalue weighted by Crippen LogP contribution is 2.31. The van der Waals surface area contributed by atoms with Gasteiger partial charge in [0.25, 0.3) is 0 Å². The number of benzene rings is 1. The second-order valence-corrected chi connectivity index (χ2v) is 5.94. The van der Waals surface area contributed by atoms with Crippen molar-refractivity contribution >= 4 is 12.0 Å². The average Bonchev–Trinajstić information content (AvgIpc) is 3.35. The molecule has 1 fully saturated rings. The summed E-state index contributed by atoms with van der Waals surface area (Å²) < 4.78 is 21.9. The predicted octanol–water partition coefficient (Wildman–Crippen LogP) is 3.53. The van der Waals surface area contributed by atoms with Crippen molar-refractivity contribution in [2.45, 2.75) is 46.0 Å². The maximum atomic E-state index is 11.7. The third-order valence-corrected chi connectivity index (χ3v) is 3.51. The van der Waals surface area contributed by atoms with Crippen LogP contribution >= 0.6 is 0 Å². The molecule has 0 saturated carbocycles. The van der Waals surface area contributed by atoms with E-state index in [2.05, 4.69) is 0 Å². The first-order chi connectivity index (χ1) is 11.5. The summed E-state index contributed by atoms with van der Waals surface area (Å²) in [5.74, 6) is 0.351. The smallest absolute Gasteiger partial charge is 0.330 e. The Hall–Kier alpha value is -1.85. The van der Waals surface area contributed by atoms with E-state index in [1.54, 1.807) is 13.0 Å². The fraction of sp³-hybridized carbons (Fsp3) is 0.526. The molecule has 0 aliphatic carbocycles. The van der Waals surface area contributed by atoms with Crippen molar-refractivity contribution in [1.82, 2.24) is 0 Å². The van der Waals surface area contributed by atoms with Gasteiger partial charge in [0, 0.05) is 11.6 Å². The van der Waals surface area contributed by atoms with Crippen LogP contribution in [-0.4, -0.2) is 38.0 Å². The van der Waals surface area contributed by atoms with Gasteiger partial charge in [-0.25, -0.2) is 4.79 Å². The third-order valence-electron chi connectivity index (χ3n) is 3.51. The van der Waals surface area contributed by atoms with Crippen LogP contribution in [0.3, 0.4) is 0 Å². The maximum absolute atomic E-state index is 11.7. The normalized spacial score (nSPS) is 18.0. The molecule has 1 aromatic rings. The Balaban J connectivity index is 2.24. The van der Waals surface area contributed by atoms with Gasteiger partial charge in [-0.15, -0.1) is 0 Å². The Morgan fingerprint density at radius 1 is 1.38 bits per heavy atom. The monoisotopic (exact) mass is 334 g/mol. The van der Waals surface area contributed by atoms with Gasteiger partial charge in [-0.3, -0.25) is 0 Å². The molecule has 0 amide bonds. The van der Waals surface area contributed by atoms with Gasteiger partial charge in [0.05, 0.1) is 32.0 Å². The molecule has 2 rings (SSSR count). The number of hydrogen-bond acceptors (Lipinski definition) is 5. The zero-order chi connectivity index (χ0) is 17.5. The number of hydrogen-bond donors (Lipinski definition) is 0. The average molecular weight is 334 g/mol. The Kier molecular flexibility index (Phi) is 6.82. The molecule has 1 aliphatic rings. The van der Waals surface area contributed by atoms with Crippen molar-refractivity contribution in [2.75, 3.05) is 19.8 Å². The Bertz CT molecular complexity index is 575. The van der Waals surface area contributed by atoms with Crippen molar-refractivity contribution in [3.63, 3.8) is 0 Å². The number of esters is 1. The fourth-order valence-electron chi connectivity index (χ4n) is 2.30. The molecule has 24 heavy (non-hydrogen) atoms. The molecule has 0 aromatic heterocycles. The lowest BCUT2D eigenvalue weighted by Gasteiger charge is -2.19. The van der Waals surface area contributed by atoms with Gasteiger partial charge >= 0.3 is 5.97 Å². The van der Waals surface area contributed by atoms with Gasteiger partial charge in [-0.1, -0.05) is 12.1 Å². The molecule has 2 atom stereocenters. The Morgan fingerprint density at radius 3 is 2.75 bits per heavy atom. The van der Waals surface area contributed by atoms with Crippen LogP contribution in [0.1, 0.15) is 44.9 Å². The van der Waals surface area contributed by atoms with Gasteiger partial charge in [0.15, 0.2) is 0 Å². The van der Waals surface area contributed by atoms with E-state index in [1.165, 1.54) is 6.08 Å². The van der Waals surface area contributed by atoms with Crippen molar-refractivity contribution < 1.29 is 23.7 Å². The van der Waals surface area contributed by atoms with Crippen LogP contribution < -0.4 is 4.74 Å². The van der Waals surface area contributed by atoms with Crippen molar-refractivity contribution in [3.8, 4) is 5.75 Å². The Labute approximate surface area is 143 Å². The molecule has 1 saturated heterocycles. The van der Waals surface area contributed by atoms with Crippen LogP contribution in [0.2, 0.25) is 0 Å². The molecule has 0 bridgehead atoms. The molecule has 1 heterocycles. The second kappa shape index (κ2) is 8.85.